The molecule has 6 heteroatoms. The molecular weight excluding hydrogens is 342 g/mol. The van der Waals surface area contributed by atoms with Gasteiger partial charge in [-0.05, 0) is 55.7 Å². The third kappa shape index (κ3) is 3.43. The van der Waals surface area contributed by atoms with Crippen LogP contribution >= 0.6 is 0 Å². The number of hydrogen-bond donors (Lipinski definition) is 1. The third-order valence-electron chi connectivity index (χ3n) is 5.00. The molecule has 1 aliphatic heterocycles. The summed E-state index contributed by atoms with van der Waals surface area (Å²) < 4.78 is 5.12. The maximum absolute atomic E-state index is 13.1. The standard InChI is InChI=1S/C21H21N3O3/c1-27-15-11-9-14(10-12-15)22-20(25)13-24-19-8-3-2-6-18(19)23-17-7-4-5-16(17)21(24)26/h2-3,6,8-12,16H,4-5,7,13H2,1H3,(H,22,25)/t16-/m0/s1. The van der Waals surface area contributed by atoms with Crippen LogP contribution in [-0.4, -0.2) is 31.2 Å². The van der Waals surface area contributed by atoms with E-state index in [1.807, 2.05) is 24.3 Å². The molecular formula is C21H21N3O3. The number of carbonyl (C=O) groups is 2. The summed E-state index contributed by atoms with van der Waals surface area (Å²) in [6.45, 7) is -0.0405. The molecule has 0 saturated heterocycles. The van der Waals surface area contributed by atoms with Gasteiger partial charge in [-0.15, -0.1) is 0 Å². The maximum Gasteiger partial charge on any atom is 0.244 e. The number of aliphatic imine (C=N–C) groups is 1. The van der Waals surface area contributed by atoms with E-state index in [1.165, 1.54) is 0 Å². The van der Waals surface area contributed by atoms with Crippen molar-refractivity contribution in [3.05, 3.63) is 48.5 Å². The minimum Gasteiger partial charge on any atom is -0.497 e. The van der Waals surface area contributed by atoms with Crippen LogP contribution in [0.2, 0.25) is 0 Å². The van der Waals surface area contributed by atoms with Crippen LogP contribution in [0.25, 0.3) is 0 Å². The molecule has 2 aromatic rings. The van der Waals surface area contributed by atoms with Crippen LogP contribution in [0.15, 0.2) is 53.5 Å². The number of methoxy groups -OCH3 is 1. The smallest absolute Gasteiger partial charge is 0.244 e. The summed E-state index contributed by atoms with van der Waals surface area (Å²) >= 11 is 0. The largest absolute Gasteiger partial charge is 0.497 e. The summed E-state index contributed by atoms with van der Waals surface area (Å²) in [4.78, 5) is 32.0. The number of carbonyl (C=O) groups excluding carboxylic acids is 2. The highest BCUT2D eigenvalue weighted by atomic mass is 16.5. The first kappa shape index (κ1) is 17.3. The molecule has 0 bridgehead atoms. The lowest BCUT2D eigenvalue weighted by molar-refractivity contribution is -0.122. The van der Waals surface area contributed by atoms with Crippen molar-refractivity contribution < 1.29 is 14.3 Å². The monoisotopic (exact) mass is 363 g/mol. The normalized spacial score (nSPS) is 18.3. The zero-order valence-electron chi connectivity index (χ0n) is 15.1. The van der Waals surface area contributed by atoms with E-state index >= 15 is 0 Å². The van der Waals surface area contributed by atoms with Gasteiger partial charge in [-0.3, -0.25) is 14.6 Å². The van der Waals surface area contributed by atoms with Crippen LogP contribution in [0.3, 0.4) is 0 Å². The van der Waals surface area contributed by atoms with Crippen LogP contribution < -0.4 is 15.0 Å². The second kappa shape index (κ2) is 7.23. The van der Waals surface area contributed by atoms with E-state index in [-0.39, 0.29) is 24.3 Å². The lowest BCUT2D eigenvalue weighted by Crippen LogP contribution is -2.41. The number of rotatable bonds is 4. The zero-order chi connectivity index (χ0) is 18.8. The highest BCUT2D eigenvalue weighted by Gasteiger charge is 2.37. The van der Waals surface area contributed by atoms with Gasteiger partial charge in [0.25, 0.3) is 0 Å². The number of ether oxygens (including phenoxy) is 1. The molecule has 0 spiro atoms. The quantitative estimate of drug-likeness (QED) is 0.903. The van der Waals surface area contributed by atoms with Gasteiger partial charge in [0.05, 0.1) is 24.4 Å². The van der Waals surface area contributed by atoms with Crippen molar-refractivity contribution >= 4 is 34.6 Å². The molecule has 2 aromatic carbocycles. The number of benzene rings is 2. The molecule has 27 heavy (non-hydrogen) atoms. The summed E-state index contributed by atoms with van der Waals surface area (Å²) in [7, 11) is 1.59. The van der Waals surface area contributed by atoms with E-state index in [0.29, 0.717) is 11.4 Å². The molecule has 2 amide bonds. The van der Waals surface area contributed by atoms with Crippen molar-refractivity contribution in [1.29, 1.82) is 0 Å². The molecule has 0 aromatic heterocycles. The SMILES string of the molecule is COc1ccc(NC(=O)CN2C(=O)[C@H]3CCCC3=Nc3ccccc32)cc1. The Morgan fingerprint density at radius 2 is 2.00 bits per heavy atom. The number of nitrogens with one attached hydrogen (secondary N) is 1. The first-order valence-electron chi connectivity index (χ1n) is 9.07. The van der Waals surface area contributed by atoms with Crippen LogP contribution in [0.4, 0.5) is 17.1 Å². The molecule has 0 unspecified atom stereocenters. The lowest BCUT2D eigenvalue weighted by Gasteiger charge is -2.24. The predicted octanol–water partition coefficient (Wildman–Crippen LogP) is 3.55. The van der Waals surface area contributed by atoms with Gasteiger partial charge in [0.2, 0.25) is 11.8 Å². The Kier molecular flexibility index (Phi) is 4.62. The van der Waals surface area contributed by atoms with Gasteiger partial charge in [0.1, 0.15) is 12.3 Å². The number of hydrogen-bond acceptors (Lipinski definition) is 4. The first-order chi connectivity index (χ1) is 13.2. The molecule has 4 rings (SSSR count). The van der Waals surface area contributed by atoms with E-state index in [4.69, 9.17) is 9.73 Å². The van der Waals surface area contributed by atoms with E-state index in [9.17, 15) is 9.59 Å². The maximum atomic E-state index is 13.1. The lowest BCUT2D eigenvalue weighted by atomic mass is 10.1. The minimum atomic E-state index is -0.246. The second-order valence-electron chi connectivity index (χ2n) is 6.74. The van der Waals surface area contributed by atoms with E-state index < -0.39 is 0 Å². The van der Waals surface area contributed by atoms with Crippen molar-refractivity contribution in [2.45, 2.75) is 19.3 Å². The highest BCUT2D eigenvalue weighted by molar-refractivity contribution is 6.16. The minimum absolute atomic E-state index is 0.0405. The van der Waals surface area contributed by atoms with Crippen LogP contribution in [0, 0.1) is 5.92 Å². The van der Waals surface area contributed by atoms with Crippen molar-refractivity contribution in [1.82, 2.24) is 0 Å². The number of anilines is 2. The fourth-order valence-corrected chi connectivity index (χ4v) is 3.66. The summed E-state index contributed by atoms with van der Waals surface area (Å²) in [5.74, 6) is 0.215. The molecule has 1 saturated carbocycles. The second-order valence-corrected chi connectivity index (χ2v) is 6.74. The first-order valence-corrected chi connectivity index (χ1v) is 9.07. The molecule has 138 valence electrons. The van der Waals surface area contributed by atoms with Gasteiger partial charge < -0.3 is 15.0 Å². The molecule has 2 aliphatic rings. The summed E-state index contributed by atoms with van der Waals surface area (Å²) in [6, 6.07) is 14.6. The fraction of sp³-hybridized carbons (Fsp3) is 0.286. The Morgan fingerprint density at radius 1 is 1.22 bits per heavy atom. The van der Waals surface area contributed by atoms with Crippen LogP contribution in [0.1, 0.15) is 19.3 Å². The molecule has 0 radical (unpaired) electrons. The molecule has 1 aliphatic carbocycles. The number of fused-ring (bicyclic) bond motifs is 2. The molecule has 1 heterocycles. The Hall–Kier alpha value is -3.15. The summed E-state index contributed by atoms with van der Waals surface area (Å²) in [5.41, 5.74) is 3.04. The fourth-order valence-electron chi connectivity index (χ4n) is 3.66. The Balaban J connectivity index is 1.56. The van der Waals surface area contributed by atoms with Gasteiger partial charge in [0.15, 0.2) is 0 Å². The average molecular weight is 363 g/mol. The van der Waals surface area contributed by atoms with E-state index in [0.717, 1.165) is 36.4 Å². The topological polar surface area (TPSA) is 71.0 Å². The Bertz CT molecular complexity index is 905. The van der Waals surface area contributed by atoms with E-state index in [1.54, 1.807) is 36.3 Å². The zero-order valence-corrected chi connectivity index (χ0v) is 15.1. The third-order valence-corrected chi connectivity index (χ3v) is 5.00. The molecule has 1 N–H and O–H groups in total. The summed E-state index contributed by atoms with van der Waals surface area (Å²) in [5, 5.41) is 2.85. The van der Waals surface area contributed by atoms with Crippen molar-refractivity contribution in [2.24, 2.45) is 10.9 Å². The van der Waals surface area contributed by atoms with Crippen LogP contribution in [-0.2, 0) is 9.59 Å². The Morgan fingerprint density at radius 3 is 2.78 bits per heavy atom. The predicted molar refractivity (Wildman–Crippen MR) is 105 cm³/mol. The van der Waals surface area contributed by atoms with Gasteiger partial charge in [0, 0.05) is 11.4 Å². The van der Waals surface area contributed by atoms with Crippen LogP contribution in [0.5, 0.6) is 5.75 Å². The number of para-hydroxylation sites is 2. The van der Waals surface area contributed by atoms with Gasteiger partial charge >= 0.3 is 0 Å². The average Bonchev–Trinajstić information content (AvgIpc) is 3.11. The number of amides is 2. The number of nitrogens with zero attached hydrogens (tertiary/aromatic N) is 2. The van der Waals surface area contributed by atoms with Gasteiger partial charge in [-0.2, -0.15) is 0 Å². The van der Waals surface area contributed by atoms with Crippen molar-refractivity contribution in [2.75, 3.05) is 23.9 Å². The Labute approximate surface area is 157 Å². The molecule has 1 atom stereocenters. The van der Waals surface area contributed by atoms with Gasteiger partial charge in [-0.25, -0.2) is 0 Å². The highest BCUT2D eigenvalue weighted by Crippen LogP contribution is 2.37. The van der Waals surface area contributed by atoms with Crippen molar-refractivity contribution in [3.63, 3.8) is 0 Å². The summed E-state index contributed by atoms with van der Waals surface area (Å²) in [6.07, 6.45) is 2.60. The van der Waals surface area contributed by atoms with Crippen molar-refractivity contribution in [3.8, 4) is 5.75 Å². The molecule has 1 fully saturated rings. The van der Waals surface area contributed by atoms with Gasteiger partial charge in [-0.1, -0.05) is 12.1 Å². The molecule has 6 nitrogen and oxygen atoms in total. The van der Waals surface area contributed by atoms with E-state index in [2.05, 4.69) is 5.32 Å².